The van der Waals surface area contributed by atoms with Gasteiger partial charge in [-0.1, -0.05) is 35.4 Å². The first kappa shape index (κ1) is 18.3. The molecule has 1 N–H and O–H groups in total. The molecule has 2 aliphatic rings. The van der Waals surface area contributed by atoms with Crippen LogP contribution in [-0.2, 0) is 17.9 Å². The maximum absolute atomic E-state index is 12.4. The van der Waals surface area contributed by atoms with Crippen molar-refractivity contribution in [2.45, 2.75) is 51.4 Å². The molecule has 0 bridgehead atoms. The Morgan fingerprint density at radius 2 is 2.15 bits per heavy atom. The van der Waals surface area contributed by atoms with Crippen molar-refractivity contribution in [3.05, 3.63) is 64.0 Å². The molecule has 1 aliphatic carbocycles. The van der Waals surface area contributed by atoms with Gasteiger partial charge in [0, 0.05) is 11.6 Å². The predicted molar refractivity (Wildman–Crippen MR) is 105 cm³/mol. The van der Waals surface area contributed by atoms with Gasteiger partial charge in [-0.25, -0.2) is 0 Å². The van der Waals surface area contributed by atoms with Gasteiger partial charge in [0.05, 0.1) is 18.8 Å². The normalized spacial score (nSPS) is 19.3. The summed E-state index contributed by atoms with van der Waals surface area (Å²) in [6.45, 7) is 1.70. The number of carbonyl (C=O) groups is 1. The third-order valence-electron chi connectivity index (χ3n) is 5.23. The molecule has 142 valence electrons. The van der Waals surface area contributed by atoms with Crippen molar-refractivity contribution >= 4 is 17.5 Å². The first-order valence-corrected chi connectivity index (χ1v) is 9.97. The largest absolute Gasteiger partial charge is 0.365 e. The molecule has 1 amide bonds. The molecule has 0 fully saturated rings. The van der Waals surface area contributed by atoms with Crippen LogP contribution in [0.5, 0.6) is 0 Å². The summed E-state index contributed by atoms with van der Waals surface area (Å²) in [5, 5.41) is 8.19. The van der Waals surface area contributed by atoms with Crippen molar-refractivity contribution in [2.24, 2.45) is 0 Å². The van der Waals surface area contributed by atoms with Crippen molar-refractivity contribution in [3.8, 4) is 0 Å². The van der Waals surface area contributed by atoms with E-state index in [1.807, 2.05) is 35.0 Å². The Hall–Kier alpha value is -2.11. The number of hydrogen-bond acceptors (Lipinski definition) is 3. The lowest BCUT2D eigenvalue weighted by atomic mass is 9.97. The van der Waals surface area contributed by atoms with E-state index in [4.69, 9.17) is 16.3 Å². The molecule has 4 rings (SSSR count). The standard InChI is InChI=1S/C21H24ClN3O2/c22-17-8-6-16(7-9-17)20-13-25-18(14-27-20)12-19(24-25)21(26)23-11-10-15-4-2-1-3-5-15/h4,6-9,12,20H,1-3,5,10-11,13-14H2,(H,23,26). The zero-order chi connectivity index (χ0) is 18.6. The Morgan fingerprint density at radius 3 is 2.93 bits per heavy atom. The number of nitrogens with one attached hydrogen (secondary N) is 1. The molecule has 1 atom stereocenters. The Morgan fingerprint density at radius 1 is 1.30 bits per heavy atom. The number of fused-ring (bicyclic) bond motifs is 1. The first-order chi connectivity index (χ1) is 13.2. The highest BCUT2D eigenvalue weighted by Gasteiger charge is 2.24. The van der Waals surface area contributed by atoms with Gasteiger partial charge in [-0.05, 0) is 55.9 Å². The molecule has 1 unspecified atom stereocenters. The number of carbonyl (C=O) groups excluding carboxylic acids is 1. The lowest BCUT2D eigenvalue weighted by Crippen LogP contribution is -2.26. The van der Waals surface area contributed by atoms with Crippen molar-refractivity contribution < 1.29 is 9.53 Å². The van der Waals surface area contributed by atoms with Crippen LogP contribution < -0.4 is 5.32 Å². The van der Waals surface area contributed by atoms with E-state index in [-0.39, 0.29) is 12.0 Å². The summed E-state index contributed by atoms with van der Waals surface area (Å²) in [7, 11) is 0. The summed E-state index contributed by atoms with van der Waals surface area (Å²) in [5.41, 5.74) is 3.92. The minimum atomic E-state index is -0.114. The maximum atomic E-state index is 12.4. The van der Waals surface area contributed by atoms with Gasteiger partial charge in [0.1, 0.15) is 6.10 Å². The van der Waals surface area contributed by atoms with E-state index in [9.17, 15) is 4.79 Å². The third kappa shape index (κ3) is 4.42. The topological polar surface area (TPSA) is 56.2 Å². The molecular weight excluding hydrogens is 362 g/mol. The fraction of sp³-hybridized carbons (Fsp3) is 0.429. The highest BCUT2D eigenvalue weighted by Crippen LogP contribution is 2.27. The fourth-order valence-corrected chi connectivity index (χ4v) is 3.80. The van der Waals surface area contributed by atoms with Crippen LogP contribution in [0.4, 0.5) is 0 Å². The molecular formula is C21H24ClN3O2. The number of benzene rings is 1. The molecule has 6 heteroatoms. The van der Waals surface area contributed by atoms with Gasteiger partial charge in [0.15, 0.2) is 5.69 Å². The SMILES string of the molecule is O=C(NCCC1=CCCCC1)c1cc2n(n1)CC(c1ccc(Cl)cc1)OC2. The fourth-order valence-electron chi connectivity index (χ4n) is 3.67. The molecule has 1 aliphatic heterocycles. The summed E-state index contributed by atoms with van der Waals surface area (Å²) < 4.78 is 7.82. The van der Waals surface area contributed by atoms with E-state index in [0.29, 0.717) is 30.4 Å². The minimum absolute atomic E-state index is 0.0798. The second-order valence-corrected chi connectivity index (χ2v) is 7.60. The number of rotatable bonds is 5. The minimum Gasteiger partial charge on any atom is -0.365 e. The number of ether oxygens (including phenoxy) is 1. The number of halogens is 1. The highest BCUT2D eigenvalue weighted by atomic mass is 35.5. The summed E-state index contributed by atoms with van der Waals surface area (Å²) in [6, 6.07) is 9.48. The molecule has 0 spiro atoms. The molecule has 2 aromatic rings. The number of allylic oxidation sites excluding steroid dienone is 1. The molecule has 27 heavy (non-hydrogen) atoms. The van der Waals surface area contributed by atoms with Crippen LogP contribution in [0.3, 0.4) is 0 Å². The molecule has 5 nitrogen and oxygen atoms in total. The first-order valence-electron chi connectivity index (χ1n) is 9.59. The van der Waals surface area contributed by atoms with Crippen LogP contribution in [0, 0.1) is 0 Å². The molecule has 0 saturated heterocycles. The number of nitrogens with zero attached hydrogens (tertiary/aromatic N) is 2. The predicted octanol–water partition coefficient (Wildman–Crippen LogP) is 4.43. The zero-order valence-electron chi connectivity index (χ0n) is 15.3. The Kier molecular flexibility index (Phi) is 5.60. The average molecular weight is 386 g/mol. The lowest BCUT2D eigenvalue weighted by molar-refractivity contribution is -0.00119. The second-order valence-electron chi connectivity index (χ2n) is 7.17. The number of aromatic nitrogens is 2. The quantitative estimate of drug-likeness (QED) is 0.774. The van der Waals surface area contributed by atoms with Crippen LogP contribution in [-0.4, -0.2) is 22.2 Å². The van der Waals surface area contributed by atoms with Gasteiger partial charge in [0.25, 0.3) is 5.91 Å². The molecule has 2 heterocycles. The smallest absolute Gasteiger partial charge is 0.271 e. The Labute approximate surface area is 164 Å². The van der Waals surface area contributed by atoms with Crippen molar-refractivity contribution in [3.63, 3.8) is 0 Å². The lowest BCUT2D eigenvalue weighted by Gasteiger charge is -2.24. The van der Waals surface area contributed by atoms with Gasteiger partial charge in [-0.3, -0.25) is 9.48 Å². The average Bonchev–Trinajstić information content (AvgIpc) is 3.13. The van der Waals surface area contributed by atoms with Gasteiger partial charge in [0.2, 0.25) is 0 Å². The maximum Gasteiger partial charge on any atom is 0.271 e. The van der Waals surface area contributed by atoms with Crippen LogP contribution in [0.1, 0.15) is 60.0 Å². The van der Waals surface area contributed by atoms with E-state index in [1.165, 1.54) is 24.8 Å². The summed E-state index contributed by atoms with van der Waals surface area (Å²) in [6.07, 6.45) is 8.06. The summed E-state index contributed by atoms with van der Waals surface area (Å²) >= 11 is 5.95. The Bertz CT molecular complexity index is 842. The van der Waals surface area contributed by atoms with Gasteiger partial charge < -0.3 is 10.1 Å². The monoisotopic (exact) mass is 385 g/mol. The number of amides is 1. The molecule has 1 aromatic heterocycles. The van der Waals surface area contributed by atoms with E-state index in [2.05, 4.69) is 16.5 Å². The van der Waals surface area contributed by atoms with E-state index in [0.717, 1.165) is 24.1 Å². The zero-order valence-corrected chi connectivity index (χ0v) is 16.0. The van der Waals surface area contributed by atoms with E-state index < -0.39 is 0 Å². The van der Waals surface area contributed by atoms with Crippen LogP contribution >= 0.6 is 11.6 Å². The van der Waals surface area contributed by atoms with Gasteiger partial charge in [-0.2, -0.15) is 5.10 Å². The third-order valence-corrected chi connectivity index (χ3v) is 5.48. The second kappa shape index (κ2) is 8.28. The van der Waals surface area contributed by atoms with Crippen molar-refractivity contribution in [1.29, 1.82) is 0 Å². The van der Waals surface area contributed by atoms with Crippen molar-refractivity contribution in [2.75, 3.05) is 6.54 Å². The molecule has 1 aromatic carbocycles. The van der Waals surface area contributed by atoms with Crippen LogP contribution in [0.25, 0.3) is 0 Å². The van der Waals surface area contributed by atoms with E-state index in [1.54, 1.807) is 0 Å². The van der Waals surface area contributed by atoms with Gasteiger partial charge >= 0.3 is 0 Å². The summed E-state index contributed by atoms with van der Waals surface area (Å²) in [5.74, 6) is -0.114. The molecule has 0 radical (unpaired) electrons. The summed E-state index contributed by atoms with van der Waals surface area (Å²) in [4.78, 5) is 12.4. The van der Waals surface area contributed by atoms with Crippen molar-refractivity contribution in [1.82, 2.24) is 15.1 Å². The van der Waals surface area contributed by atoms with E-state index >= 15 is 0 Å². The van der Waals surface area contributed by atoms with Crippen LogP contribution in [0.15, 0.2) is 42.0 Å². The molecule has 0 saturated carbocycles. The highest BCUT2D eigenvalue weighted by molar-refractivity contribution is 6.30. The van der Waals surface area contributed by atoms with Gasteiger partial charge in [-0.15, -0.1) is 0 Å². The number of hydrogen-bond donors (Lipinski definition) is 1. The van der Waals surface area contributed by atoms with Crippen LogP contribution in [0.2, 0.25) is 5.02 Å². The Balaban J connectivity index is 1.35.